The molecule has 1 saturated heterocycles. The van der Waals surface area contributed by atoms with Gasteiger partial charge in [-0.05, 0) is 39.0 Å². The van der Waals surface area contributed by atoms with Gasteiger partial charge >= 0.3 is 0 Å². The van der Waals surface area contributed by atoms with E-state index in [1.807, 2.05) is 49.9 Å². The fourth-order valence-corrected chi connectivity index (χ4v) is 3.33. The summed E-state index contributed by atoms with van der Waals surface area (Å²) in [6.45, 7) is 9.88. The molecule has 6 heteroatoms. The Morgan fingerprint density at radius 1 is 1.22 bits per heavy atom. The number of piperazine rings is 1. The Bertz CT molecular complexity index is 814. The minimum atomic E-state index is 0.0375. The lowest BCUT2D eigenvalue weighted by Gasteiger charge is -2.34. The molecule has 1 aliphatic heterocycles. The molecule has 0 atom stereocenters. The Morgan fingerprint density at radius 2 is 1.96 bits per heavy atom. The maximum atomic E-state index is 12.5. The number of amides is 1. The molecule has 0 bridgehead atoms. The maximum Gasteiger partial charge on any atom is 0.246 e. The van der Waals surface area contributed by atoms with Gasteiger partial charge in [-0.2, -0.15) is 0 Å². The topological polar surface area (TPSA) is 58.8 Å². The number of aromatic nitrogens is 1. The summed E-state index contributed by atoms with van der Waals surface area (Å²) in [4.78, 5) is 16.8. The monoisotopic (exact) mass is 369 g/mol. The van der Waals surface area contributed by atoms with Crippen LogP contribution in [0.3, 0.4) is 0 Å². The first kappa shape index (κ1) is 19.2. The lowest BCUT2D eigenvalue weighted by atomic mass is 10.1. The smallest absolute Gasteiger partial charge is 0.246 e. The summed E-state index contributed by atoms with van der Waals surface area (Å²) in [5, 5.41) is 4.01. The second-order valence-electron chi connectivity index (χ2n) is 6.98. The molecule has 144 valence electrons. The molecule has 0 aliphatic carbocycles. The Morgan fingerprint density at radius 3 is 2.59 bits per heavy atom. The number of hydrogen-bond acceptors (Lipinski definition) is 5. The van der Waals surface area contributed by atoms with Crippen molar-refractivity contribution in [3.05, 3.63) is 52.4 Å². The van der Waals surface area contributed by atoms with Crippen LogP contribution in [-0.2, 0) is 11.3 Å². The van der Waals surface area contributed by atoms with Crippen molar-refractivity contribution in [2.24, 2.45) is 0 Å². The van der Waals surface area contributed by atoms with Gasteiger partial charge in [-0.1, -0.05) is 16.8 Å². The number of aryl methyl sites for hydroxylation is 3. The second kappa shape index (κ2) is 8.39. The van der Waals surface area contributed by atoms with Crippen molar-refractivity contribution in [3.8, 4) is 5.75 Å². The third-order valence-corrected chi connectivity index (χ3v) is 5.04. The van der Waals surface area contributed by atoms with Crippen LogP contribution in [-0.4, -0.2) is 54.2 Å². The van der Waals surface area contributed by atoms with Gasteiger partial charge in [0.1, 0.15) is 11.5 Å². The third kappa shape index (κ3) is 4.57. The van der Waals surface area contributed by atoms with Crippen molar-refractivity contribution in [1.82, 2.24) is 15.0 Å². The molecular weight excluding hydrogens is 342 g/mol. The normalized spacial score (nSPS) is 15.5. The summed E-state index contributed by atoms with van der Waals surface area (Å²) < 4.78 is 10.6. The molecule has 1 aliphatic rings. The van der Waals surface area contributed by atoms with Gasteiger partial charge in [-0.25, -0.2) is 0 Å². The Kier molecular flexibility index (Phi) is 5.96. The Hall–Kier alpha value is -2.60. The molecule has 1 aromatic carbocycles. The van der Waals surface area contributed by atoms with E-state index in [0.29, 0.717) is 0 Å². The summed E-state index contributed by atoms with van der Waals surface area (Å²) in [7, 11) is 1.64. The average Bonchev–Trinajstić information content (AvgIpc) is 2.99. The quantitative estimate of drug-likeness (QED) is 0.759. The molecule has 6 nitrogen and oxygen atoms in total. The standard InChI is InChI=1S/C21H27N3O3/c1-15-5-7-20(26-4)18(13-15)6-8-21(25)24-11-9-23(10-12-24)14-19-16(2)22-27-17(19)3/h5-8,13H,9-12,14H2,1-4H3/b8-6-. The van der Waals surface area contributed by atoms with Crippen molar-refractivity contribution >= 4 is 12.0 Å². The van der Waals surface area contributed by atoms with Crippen molar-refractivity contribution in [2.45, 2.75) is 27.3 Å². The number of hydrogen-bond donors (Lipinski definition) is 0. The molecule has 0 saturated carbocycles. The largest absolute Gasteiger partial charge is 0.496 e. The van der Waals surface area contributed by atoms with Crippen LogP contribution >= 0.6 is 0 Å². The number of rotatable bonds is 5. The fraction of sp³-hybridized carbons (Fsp3) is 0.429. The minimum Gasteiger partial charge on any atom is -0.496 e. The highest BCUT2D eigenvalue weighted by atomic mass is 16.5. The number of carbonyl (C=O) groups is 1. The SMILES string of the molecule is COc1ccc(C)cc1/C=C\C(=O)N1CCN(Cc2c(C)noc2C)CC1. The molecule has 1 aromatic heterocycles. The first-order chi connectivity index (χ1) is 13.0. The molecule has 0 radical (unpaired) electrons. The van der Waals surface area contributed by atoms with Gasteiger partial charge in [0.15, 0.2) is 0 Å². The van der Waals surface area contributed by atoms with Crippen LogP contribution in [0.25, 0.3) is 6.08 Å². The zero-order valence-electron chi connectivity index (χ0n) is 16.5. The van der Waals surface area contributed by atoms with E-state index >= 15 is 0 Å². The van der Waals surface area contributed by atoms with E-state index in [2.05, 4.69) is 10.1 Å². The predicted molar refractivity (Wildman–Crippen MR) is 105 cm³/mol. The average molecular weight is 369 g/mol. The lowest BCUT2D eigenvalue weighted by Crippen LogP contribution is -2.47. The number of benzene rings is 1. The van der Waals surface area contributed by atoms with Gasteiger partial charge < -0.3 is 14.2 Å². The zero-order chi connectivity index (χ0) is 19.4. The highest BCUT2D eigenvalue weighted by Gasteiger charge is 2.21. The lowest BCUT2D eigenvalue weighted by molar-refractivity contribution is -0.127. The van der Waals surface area contributed by atoms with E-state index in [1.54, 1.807) is 13.2 Å². The number of carbonyl (C=O) groups excluding carboxylic acids is 1. The molecule has 1 fully saturated rings. The van der Waals surface area contributed by atoms with Gasteiger partial charge in [0.2, 0.25) is 5.91 Å². The van der Waals surface area contributed by atoms with Gasteiger partial charge in [0.05, 0.1) is 12.8 Å². The van der Waals surface area contributed by atoms with E-state index in [1.165, 1.54) is 0 Å². The second-order valence-corrected chi connectivity index (χ2v) is 6.98. The van der Waals surface area contributed by atoms with Crippen molar-refractivity contribution in [3.63, 3.8) is 0 Å². The van der Waals surface area contributed by atoms with Crippen molar-refractivity contribution in [2.75, 3.05) is 33.3 Å². The first-order valence-corrected chi connectivity index (χ1v) is 9.23. The van der Waals surface area contributed by atoms with Crippen LogP contribution < -0.4 is 4.74 Å². The number of ether oxygens (including phenoxy) is 1. The number of nitrogens with zero attached hydrogens (tertiary/aromatic N) is 3. The molecule has 2 aromatic rings. The highest BCUT2D eigenvalue weighted by Crippen LogP contribution is 2.21. The first-order valence-electron chi connectivity index (χ1n) is 9.23. The molecule has 0 spiro atoms. The van der Waals surface area contributed by atoms with E-state index in [-0.39, 0.29) is 5.91 Å². The fourth-order valence-electron chi connectivity index (χ4n) is 3.33. The maximum absolute atomic E-state index is 12.5. The van der Waals surface area contributed by atoms with Gasteiger partial charge in [0, 0.05) is 49.9 Å². The van der Waals surface area contributed by atoms with Crippen LogP contribution in [0.1, 0.15) is 28.1 Å². The third-order valence-electron chi connectivity index (χ3n) is 5.04. The molecule has 3 rings (SSSR count). The summed E-state index contributed by atoms with van der Waals surface area (Å²) in [5.74, 6) is 1.69. The molecule has 0 N–H and O–H groups in total. The van der Waals surface area contributed by atoms with E-state index in [4.69, 9.17) is 9.26 Å². The van der Waals surface area contributed by atoms with Crippen LogP contribution in [0.2, 0.25) is 0 Å². The zero-order valence-corrected chi connectivity index (χ0v) is 16.5. The molecule has 1 amide bonds. The summed E-state index contributed by atoms with van der Waals surface area (Å²) in [6.07, 6.45) is 3.48. The highest BCUT2D eigenvalue weighted by molar-refractivity contribution is 5.92. The Labute approximate surface area is 160 Å². The van der Waals surface area contributed by atoms with E-state index in [0.717, 1.165) is 66.6 Å². The predicted octanol–water partition coefficient (Wildman–Crippen LogP) is 2.97. The van der Waals surface area contributed by atoms with Crippen LogP contribution in [0, 0.1) is 20.8 Å². The molecule has 2 heterocycles. The van der Waals surface area contributed by atoms with Crippen LogP contribution in [0.5, 0.6) is 5.75 Å². The molecular formula is C21H27N3O3. The summed E-state index contributed by atoms with van der Waals surface area (Å²) in [5.41, 5.74) is 4.15. The number of methoxy groups -OCH3 is 1. The van der Waals surface area contributed by atoms with Gasteiger partial charge in [0.25, 0.3) is 0 Å². The Balaban J connectivity index is 1.56. The van der Waals surface area contributed by atoms with Crippen molar-refractivity contribution in [1.29, 1.82) is 0 Å². The van der Waals surface area contributed by atoms with Gasteiger partial charge in [-0.3, -0.25) is 9.69 Å². The van der Waals surface area contributed by atoms with E-state index < -0.39 is 0 Å². The van der Waals surface area contributed by atoms with Crippen LogP contribution in [0.15, 0.2) is 28.8 Å². The summed E-state index contributed by atoms with van der Waals surface area (Å²) in [6, 6.07) is 5.94. The van der Waals surface area contributed by atoms with Crippen LogP contribution in [0.4, 0.5) is 0 Å². The summed E-state index contributed by atoms with van der Waals surface area (Å²) >= 11 is 0. The van der Waals surface area contributed by atoms with Crippen molar-refractivity contribution < 1.29 is 14.1 Å². The molecule has 0 unspecified atom stereocenters. The van der Waals surface area contributed by atoms with E-state index in [9.17, 15) is 4.79 Å². The molecule has 27 heavy (non-hydrogen) atoms. The van der Waals surface area contributed by atoms with Gasteiger partial charge in [-0.15, -0.1) is 0 Å². The minimum absolute atomic E-state index is 0.0375.